The molecule has 0 saturated carbocycles. The van der Waals surface area contributed by atoms with Gasteiger partial charge in [0.15, 0.2) is 0 Å². The third-order valence-corrected chi connectivity index (χ3v) is 4.24. The van der Waals surface area contributed by atoms with Crippen LogP contribution in [0.5, 0.6) is 0 Å². The molecule has 0 atom stereocenters. The molecular weight excluding hydrogens is 327 g/mol. The maximum absolute atomic E-state index is 11.7. The van der Waals surface area contributed by atoms with Gasteiger partial charge in [0, 0.05) is 28.4 Å². The molecular formula is C15H18Cl2N2OS. The van der Waals surface area contributed by atoms with Crippen LogP contribution in [0, 0.1) is 0 Å². The molecule has 3 nitrogen and oxygen atoms in total. The van der Waals surface area contributed by atoms with Gasteiger partial charge in [0.05, 0.1) is 5.75 Å². The van der Waals surface area contributed by atoms with Crippen LogP contribution in [0.15, 0.2) is 41.3 Å². The molecule has 6 heteroatoms. The first-order valence-corrected chi connectivity index (χ1v) is 7.80. The summed E-state index contributed by atoms with van der Waals surface area (Å²) in [5.41, 5.74) is 0. The molecule has 0 radical (unpaired) electrons. The van der Waals surface area contributed by atoms with Crippen molar-refractivity contribution in [2.24, 2.45) is 0 Å². The number of thioether (sulfide) groups is 1. The fraction of sp³-hybridized carbons (Fsp3) is 0.267. The minimum absolute atomic E-state index is 0. The summed E-state index contributed by atoms with van der Waals surface area (Å²) in [5.74, 6) is 0.433. The average molecular weight is 345 g/mol. The summed E-state index contributed by atoms with van der Waals surface area (Å²) in [7, 11) is 1.86. The van der Waals surface area contributed by atoms with Crippen molar-refractivity contribution in [3.63, 3.8) is 0 Å². The molecule has 21 heavy (non-hydrogen) atoms. The maximum atomic E-state index is 11.7. The highest BCUT2D eigenvalue weighted by Gasteiger charge is 2.07. The molecule has 114 valence electrons. The summed E-state index contributed by atoms with van der Waals surface area (Å²) in [6, 6.07) is 11.8. The predicted octanol–water partition coefficient (Wildman–Crippen LogP) is 3.34. The Balaban J connectivity index is 0.00000220. The van der Waals surface area contributed by atoms with E-state index in [-0.39, 0.29) is 18.3 Å². The van der Waals surface area contributed by atoms with Gasteiger partial charge in [-0.3, -0.25) is 4.79 Å². The first-order valence-electron chi connectivity index (χ1n) is 6.43. The minimum atomic E-state index is 0. The molecule has 0 saturated heterocycles. The van der Waals surface area contributed by atoms with Crippen molar-refractivity contribution in [2.75, 3.05) is 25.9 Å². The SMILES string of the molecule is CNCCNC(=O)CSc1cccc2cccc(Cl)c12.Cl. The zero-order valence-corrected chi connectivity index (χ0v) is 14.1. The van der Waals surface area contributed by atoms with Crippen molar-refractivity contribution < 1.29 is 4.79 Å². The Morgan fingerprint density at radius 2 is 1.90 bits per heavy atom. The number of nitrogens with one attached hydrogen (secondary N) is 2. The Kier molecular flexibility index (Phi) is 7.89. The Bertz CT molecular complexity index is 602. The quantitative estimate of drug-likeness (QED) is 0.623. The number of rotatable bonds is 6. The molecule has 0 spiro atoms. The van der Waals surface area contributed by atoms with Gasteiger partial charge >= 0.3 is 0 Å². The van der Waals surface area contributed by atoms with E-state index in [0.29, 0.717) is 12.3 Å². The summed E-state index contributed by atoms with van der Waals surface area (Å²) < 4.78 is 0. The number of halogens is 2. The molecule has 0 fully saturated rings. The summed E-state index contributed by atoms with van der Waals surface area (Å²) in [4.78, 5) is 12.8. The summed E-state index contributed by atoms with van der Waals surface area (Å²) in [6.07, 6.45) is 0. The first kappa shape index (κ1) is 18.1. The lowest BCUT2D eigenvalue weighted by molar-refractivity contribution is -0.118. The topological polar surface area (TPSA) is 41.1 Å². The van der Waals surface area contributed by atoms with Gasteiger partial charge in [0.25, 0.3) is 0 Å². The van der Waals surface area contributed by atoms with Crippen LogP contribution in [-0.4, -0.2) is 31.8 Å². The van der Waals surface area contributed by atoms with E-state index in [9.17, 15) is 4.79 Å². The molecule has 2 aromatic carbocycles. The third kappa shape index (κ3) is 5.08. The fourth-order valence-corrected chi connectivity index (χ4v) is 3.18. The Morgan fingerprint density at radius 3 is 2.62 bits per heavy atom. The second-order valence-corrected chi connectivity index (χ2v) is 5.76. The second-order valence-electron chi connectivity index (χ2n) is 4.34. The summed E-state index contributed by atoms with van der Waals surface area (Å²) in [6.45, 7) is 1.42. The molecule has 1 amide bonds. The van der Waals surface area contributed by atoms with E-state index in [2.05, 4.69) is 10.6 Å². The van der Waals surface area contributed by atoms with Crippen molar-refractivity contribution >= 4 is 52.4 Å². The van der Waals surface area contributed by atoms with E-state index in [4.69, 9.17) is 11.6 Å². The second kappa shape index (κ2) is 9.15. The van der Waals surface area contributed by atoms with Crippen LogP contribution in [-0.2, 0) is 4.79 Å². The standard InChI is InChI=1S/C15H17ClN2OS.ClH/c1-17-8-9-18-14(19)10-20-13-7-3-5-11-4-2-6-12(16)15(11)13;/h2-7,17H,8-10H2,1H3,(H,18,19);1H. The van der Waals surface area contributed by atoms with Crippen LogP contribution in [0.4, 0.5) is 0 Å². The van der Waals surface area contributed by atoms with Gasteiger partial charge in [0.2, 0.25) is 5.91 Å². The van der Waals surface area contributed by atoms with E-state index < -0.39 is 0 Å². The molecule has 0 bridgehead atoms. The van der Waals surface area contributed by atoms with E-state index >= 15 is 0 Å². The van der Waals surface area contributed by atoms with Gasteiger partial charge in [-0.25, -0.2) is 0 Å². The third-order valence-electron chi connectivity index (χ3n) is 2.87. The molecule has 2 N–H and O–H groups in total. The number of benzene rings is 2. The highest BCUT2D eigenvalue weighted by molar-refractivity contribution is 8.00. The number of amides is 1. The average Bonchev–Trinajstić information content (AvgIpc) is 2.45. The van der Waals surface area contributed by atoms with Crippen LogP contribution >= 0.6 is 35.8 Å². The lowest BCUT2D eigenvalue weighted by Crippen LogP contribution is -2.31. The number of hydrogen-bond acceptors (Lipinski definition) is 3. The van der Waals surface area contributed by atoms with E-state index in [1.165, 1.54) is 11.8 Å². The van der Waals surface area contributed by atoms with Crippen LogP contribution in [0.25, 0.3) is 10.8 Å². The molecule has 0 aliphatic rings. The Morgan fingerprint density at radius 1 is 1.19 bits per heavy atom. The lowest BCUT2D eigenvalue weighted by atomic mass is 10.1. The molecule has 2 rings (SSSR count). The van der Waals surface area contributed by atoms with Crippen molar-refractivity contribution in [1.82, 2.24) is 10.6 Å². The number of likely N-dealkylation sites (N-methyl/N-ethyl adjacent to an activating group) is 1. The number of carbonyl (C=O) groups is 1. The van der Waals surface area contributed by atoms with Gasteiger partial charge < -0.3 is 10.6 Å². The van der Waals surface area contributed by atoms with Crippen LogP contribution in [0.2, 0.25) is 5.02 Å². The molecule has 0 aromatic heterocycles. The number of carbonyl (C=O) groups excluding carboxylic acids is 1. The normalized spacial score (nSPS) is 10.2. The van der Waals surface area contributed by atoms with Crippen LogP contribution in [0.3, 0.4) is 0 Å². The van der Waals surface area contributed by atoms with E-state index in [0.717, 1.165) is 27.2 Å². The van der Waals surface area contributed by atoms with Crippen molar-refractivity contribution in [3.8, 4) is 0 Å². The first-order chi connectivity index (χ1) is 9.72. The van der Waals surface area contributed by atoms with E-state index in [1.807, 2.05) is 43.4 Å². The molecule has 0 unspecified atom stereocenters. The molecule has 0 aliphatic heterocycles. The van der Waals surface area contributed by atoms with Gasteiger partial charge in [-0.2, -0.15) is 0 Å². The largest absolute Gasteiger partial charge is 0.354 e. The maximum Gasteiger partial charge on any atom is 0.230 e. The fourth-order valence-electron chi connectivity index (χ4n) is 1.90. The highest BCUT2D eigenvalue weighted by atomic mass is 35.5. The van der Waals surface area contributed by atoms with Crippen molar-refractivity contribution in [3.05, 3.63) is 41.4 Å². The molecule has 0 heterocycles. The van der Waals surface area contributed by atoms with E-state index in [1.54, 1.807) is 0 Å². The zero-order chi connectivity index (χ0) is 14.4. The monoisotopic (exact) mass is 344 g/mol. The van der Waals surface area contributed by atoms with Gasteiger partial charge in [-0.1, -0.05) is 35.9 Å². The smallest absolute Gasteiger partial charge is 0.230 e. The lowest BCUT2D eigenvalue weighted by Gasteiger charge is -2.08. The van der Waals surface area contributed by atoms with Gasteiger partial charge in [-0.05, 0) is 24.6 Å². The highest BCUT2D eigenvalue weighted by Crippen LogP contribution is 2.32. The van der Waals surface area contributed by atoms with Gasteiger partial charge in [0.1, 0.15) is 0 Å². The Hall–Kier alpha value is -0.940. The summed E-state index contributed by atoms with van der Waals surface area (Å²) in [5, 5.41) is 8.69. The van der Waals surface area contributed by atoms with Crippen LogP contribution < -0.4 is 10.6 Å². The molecule has 2 aromatic rings. The van der Waals surface area contributed by atoms with Crippen molar-refractivity contribution in [2.45, 2.75) is 4.90 Å². The number of fused-ring (bicyclic) bond motifs is 1. The Labute approximate surface area is 140 Å². The summed E-state index contributed by atoms with van der Waals surface area (Å²) >= 11 is 7.77. The van der Waals surface area contributed by atoms with Crippen LogP contribution in [0.1, 0.15) is 0 Å². The number of hydrogen-bond donors (Lipinski definition) is 2. The van der Waals surface area contributed by atoms with Gasteiger partial charge in [-0.15, -0.1) is 24.2 Å². The minimum Gasteiger partial charge on any atom is -0.354 e. The predicted molar refractivity (Wildman–Crippen MR) is 93.9 cm³/mol. The van der Waals surface area contributed by atoms with Crippen molar-refractivity contribution in [1.29, 1.82) is 0 Å². The molecule has 0 aliphatic carbocycles. The zero-order valence-electron chi connectivity index (χ0n) is 11.7.